The van der Waals surface area contributed by atoms with Gasteiger partial charge in [-0.15, -0.1) is 0 Å². The molecule has 23 heavy (non-hydrogen) atoms. The number of aromatic nitrogens is 1. The molecule has 2 rings (SSSR count). The second-order valence-corrected chi connectivity index (χ2v) is 5.89. The van der Waals surface area contributed by atoms with Gasteiger partial charge in [0.15, 0.2) is 0 Å². The van der Waals surface area contributed by atoms with E-state index in [0.717, 1.165) is 35.6 Å². The first-order valence-corrected chi connectivity index (χ1v) is 8.25. The zero-order valence-electron chi connectivity index (χ0n) is 15.2. The van der Waals surface area contributed by atoms with E-state index in [1.807, 2.05) is 0 Å². The number of ether oxygens (including phenoxy) is 2. The van der Waals surface area contributed by atoms with Gasteiger partial charge in [0.1, 0.15) is 0 Å². The Balaban J connectivity index is 2.44. The minimum absolute atomic E-state index is 0.566. The molecule has 4 nitrogen and oxygen atoms in total. The van der Waals surface area contributed by atoms with E-state index in [0.29, 0.717) is 13.2 Å². The quantitative estimate of drug-likeness (QED) is 0.819. The highest BCUT2D eigenvalue weighted by molar-refractivity contribution is 6.06. The number of methoxy groups -OCH3 is 2. The molecule has 0 aliphatic carbocycles. The summed E-state index contributed by atoms with van der Waals surface area (Å²) in [7, 11) is 3.44. The molecule has 1 N–H and O–H groups in total. The van der Waals surface area contributed by atoms with Crippen LogP contribution in [0.15, 0.2) is 21.8 Å². The van der Waals surface area contributed by atoms with Gasteiger partial charge in [-0.05, 0) is 55.0 Å². The summed E-state index contributed by atoms with van der Waals surface area (Å²) in [6.07, 6.45) is 4.13. The molecular formula is C19H28N2O2. The van der Waals surface area contributed by atoms with Crippen molar-refractivity contribution in [1.29, 1.82) is 0 Å². The number of aromatic amines is 1. The number of hydrogen-bond donors (Lipinski definition) is 1. The molecule has 0 bridgehead atoms. The fraction of sp³-hybridized carbons (Fsp3) is 0.526. The molecule has 1 aliphatic heterocycles. The van der Waals surface area contributed by atoms with Crippen LogP contribution in [0.3, 0.4) is 0 Å². The Bertz CT molecular complexity index is 663. The Kier molecular flexibility index (Phi) is 5.97. The molecule has 0 saturated heterocycles. The fourth-order valence-electron chi connectivity index (χ4n) is 3.28. The third-order valence-corrected chi connectivity index (χ3v) is 4.51. The summed E-state index contributed by atoms with van der Waals surface area (Å²) >= 11 is 0. The highest BCUT2D eigenvalue weighted by atomic mass is 16.5. The first-order chi connectivity index (χ1) is 11.1. The van der Waals surface area contributed by atoms with E-state index in [2.05, 4.69) is 38.8 Å². The number of hydrogen-bond acceptors (Lipinski definition) is 3. The van der Waals surface area contributed by atoms with E-state index in [1.165, 1.54) is 22.3 Å². The third-order valence-electron chi connectivity index (χ3n) is 4.51. The van der Waals surface area contributed by atoms with Crippen molar-refractivity contribution in [1.82, 2.24) is 4.98 Å². The maximum absolute atomic E-state index is 5.31. The van der Waals surface area contributed by atoms with E-state index in [9.17, 15) is 0 Å². The molecule has 4 heteroatoms. The topological polar surface area (TPSA) is 46.6 Å². The Labute approximate surface area is 139 Å². The van der Waals surface area contributed by atoms with Crippen LogP contribution in [0.1, 0.15) is 49.7 Å². The lowest BCUT2D eigenvalue weighted by Gasteiger charge is -2.03. The van der Waals surface area contributed by atoms with E-state index in [1.54, 1.807) is 14.2 Å². The maximum atomic E-state index is 5.31. The lowest BCUT2D eigenvalue weighted by Crippen LogP contribution is -2.07. The van der Waals surface area contributed by atoms with Gasteiger partial charge in [-0.25, -0.2) is 0 Å². The average molecular weight is 316 g/mol. The minimum atomic E-state index is 0.566. The van der Waals surface area contributed by atoms with Gasteiger partial charge in [0.25, 0.3) is 0 Å². The van der Waals surface area contributed by atoms with E-state index >= 15 is 0 Å². The van der Waals surface area contributed by atoms with Crippen molar-refractivity contribution in [2.75, 3.05) is 20.8 Å². The van der Waals surface area contributed by atoms with Crippen molar-refractivity contribution in [2.24, 2.45) is 4.99 Å². The molecule has 0 amide bonds. The maximum Gasteiger partial charge on any atom is 0.0887 e. The molecule has 1 aromatic rings. The monoisotopic (exact) mass is 316 g/mol. The van der Waals surface area contributed by atoms with Crippen molar-refractivity contribution >= 4 is 11.8 Å². The average Bonchev–Trinajstić information content (AvgIpc) is 2.98. The van der Waals surface area contributed by atoms with Gasteiger partial charge in [-0.3, -0.25) is 4.99 Å². The molecule has 2 heterocycles. The number of allylic oxidation sites excluding steroid dienone is 1. The van der Waals surface area contributed by atoms with Crippen LogP contribution in [0.2, 0.25) is 0 Å². The standard InChI is InChI=1S/C19H28N2O2/c1-7-14-12(3)16(20-18(14)10-22-5)9-17-13(4)15(8-2)19(21-17)11-23-6/h9,20H,7-8,10-11H2,1-6H3. The van der Waals surface area contributed by atoms with Crippen molar-refractivity contribution in [2.45, 2.75) is 47.1 Å². The zero-order chi connectivity index (χ0) is 17.0. The Hall–Kier alpha value is -1.65. The number of nitrogens with zero attached hydrogens (tertiary/aromatic N) is 1. The van der Waals surface area contributed by atoms with Gasteiger partial charge in [0, 0.05) is 25.6 Å². The summed E-state index contributed by atoms with van der Waals surface area (Å²) in [5, 5.41) is 0. The van der Waals surface area contributed by atoms with Crippen LogP contribution >= 0.6 is 0 Å². The fourth-order valence-corrected chi connectivity index (χ4v) is 3.28. The summed E-state index contributed by atoms with van der Waals surface area (Å²) in [6.45, 7) is 9.83. The number of aliphatic imine (C=N–C) groups is 1. The number of H-pyrrole nitrogens is 1. The normalized spacial score (nSPS) is 16.6. The zero-order valence-corrected chi connectivity index (χ0v) is 15.2. The van der Waals surface area contributed by atoms with Crippen molar-refractivity contribution in [3.8, 4) is 0 Å². The first kappa shape index (κ1) is 17.7. The van der Waals surface area contributed by atoms with Crippen LogP contribution in [0, 0.1) is 6.92 Å². The second-order valence-electron chi connectivity index (χ2n) is 5.89. The highest BCUT2D eigenvalue weighted by Gasteiger charge is 2.20. The largest absolute Gasteiger partial charge is 0.378 e. The van der Waals surface area contributed by atoms with Gasteiger partial charge in [-0.2, -0.15) is 0 Å². The van der Waals surface area contributed by atoms with Gasteiger partial charge in [0.2, 0.25) is 0 Å². The molecule has 0 saturated carbocycles. The lowest BCUT2D eigenvalue weighted by atomic mass is 10.0. The third kappa shape index (κ3) is 3.48. The van der Waals surface area contributed by atoms with E-state index in [4.69, 9.17) is 14.5 Å². The smallest absolute Gasteiger partial charge is 0.0887 e. The molecule has 0 radical (unpaired) electrons. The summed E-state index contributed by atoms with van der Waals surface area (Å²) in [5.41, 5.74) is 9.55. The van der Waals surface area contributed by atoms with Gasteiger partial charge < -0.3 is 14.5 Å². The van der Waals surface area contributed by atoms with Crippen LogP contribution in [0.25, 0.3) is 6.08 Å². The lowest BCUT2D eigenvalue weighted by molar-refractivity contribution is 0.181. The Morgan fingerprint density at radius 2 is 1.74 bits per heavy atom. The number of nitrogens with one attached hydrogen (secondary N) is 1. The van der Waals surface area contributed by atoms with Crippen LogP contribution in [0.4, 0.5) is 0 Å². The minimum Gasteiger partial charge on any atom is -0.378 e. The number of rotatable bonds is 7. The van der Waals surface area contributed by atoms with E-state index < -0.39 is 0 Å². The predicted octanol–water partition coefficient (Wildman–Crippen LogP) is 4.20. The molecule has 0 fully saturated rings. The second kappa shape index (κ2) is 7.75. The van der Waals surface area contributed by atoms with Crippen molar-refractivity contribution in [3.63, 3.8) is 0 Å². The Morgan fingerprint density at radius 3 is 2.30 bits per heavy atom. The SMILES string of the molecule is CCC1=C(C)C(=Cc2[nH]c(COC)c(CC)c2C)N=C1COC. The molecule has 0 spiro atoms. The molecule has 1 aromatic heterocycles. The van der Waals surface area contributed by atoms with Crippen LogP contribution in [0.5, 0.6) is 0 Å². The summed E-state index contributed by atoms with van der Waals surface area (Å²) in [5.74, 6) is 0. The van der Waals surface area contributed by atoms with Gasteiger partial charge in [-0.1, -0.05) is 13.8 Å². The van der Waals surface area contributed by atoms with E-state index in [-0.39, 0.29) is 0 Å². The van der Waals surface area contributed by atoms with Gasteiger partial charge in [0.05, 0.1) is 24.6 Å². The molecule has 1 aliphatic rings. The van der Waals surface area contributed by atoms with Crippen LogP contribution in [-0.2, 0) is 22.5 Å². The summed E-state index contributed by atoms with van der Waals surface area (Å²) in [4.78, 5) is 8.29. The molecule has 0 unspecified atom stereocenters. The molecular weight excluding hydrogens is 288 g/mol. The van der Waals surface area contributed by atoms with Crippen molar-refractivity contribution in [3.05, 3.63) is 39.4 Å². The highest BCUT2D eigenvalue weighted by Crippen LogP contribution is 2.30. The molecule has 0 atom stereocenters. The summed E-state index contributed by atoms with van der Waals surface area (Å²) in [6, 6.07) is 0. The predicted molar refractivity (Wildman–Crippen MR) is 95.9 cm³/mol. The van der Waals surface area contributed by atoms with Crippen LogP contribution in [-0.4, -0.2) is 31.5 Å². The first-order valence-electron chi connectivity index (χ1n) is 8.25. The Morgan fingerprint density at radius 1 is 1.04 bits per heavy atom. The van der Waals surface area contributed by atoms with Gasteiger partial charge >= 0.3 is 0 Å². The molecule has 0 aromatic carbocycles. The molecule has 126 valence electrons. The van der Waals surface area contributed by atoms with Crippen LogP contribution < -0.4 is 0 Å². The summed E-state index contributed by atoms with van der Waals surface area (Å²) < 4.78 is 10.6. The van der Waals surface area contributed by atoms with Crippen molar-refractivity contribution < 1.29 is 9.47 Å².